The molecule has 1 aliphatic rings. The van der Waals surface area contributed by atoms with E-state index in [4.69, 9.17) is 0 Å². The van der Waals surface area contributed by atoms with Gasteiger partial charge in [0.15, 0.2) is 0 Å². The predicted molar refractivity (Wildman–Crippen MR) is 118 cm³/mol. The van der Waals surface area contributed by atoms with Crippen LogP contribution in [0, 0.1) is 11.7 Å². The molecule has 0 radical (unpaired) electrons. The van der Waals surface area contributed by atoms with Gasteiger partial charge in [0.1, 0.15) is 5.82 Å². The quantitative estimate of drug-likeness (QED) is 0.676. The van der Waals surface area contributed by atoms with Crippen molar-refractivity contribution in [1.82, 2.24) is 14.5 Å². The van der Waals surface area contributed by atoms with Crippen LogP contribution in [0.15, 0.2) is 53.4 Å². The molecule has 0 saturated carbocycles. The Kier molecular flexibility index (Phi) is 7.80. The van der Waals surface area contributed by atoms with Gasteiger partial charge in [-0.25, -0.2) is 12.8 Å². The van der Waals surface area contributed by atoms with Crippen molar-refractivity contribution in [1.29, 1.82) is 0 Å². The lowest BCUT2D eigenvalue weighted by Gasteiger charge is -2.31. The van der Waals surface area contributed by atoms with E-state index in [1.165, 1.54) is 22.0 Å². The van der Waals surface area contributed by atoms with Crippen LogP contribution in [0.3, 0.4) is 0 Å². The maximum atomic E-state index is 13.2. The molecule has 1 saturated heterocycles. The third-order valence-corrected chi connectivity index (χ3v) is 7.54. The molecule has 1 unspecified atom stereocenters. The molecule has 1 amide bonds. The van der Waals surface area contributed by atoms with Crippen LogP contribution in [0.4, 0.5) is 4.39 Å². The van der Waals surface area contributed by atoms with Crippen LogP contribution in [-0.2, 0) is 27.9 Å². The van der Waals surface area contributed by atoms with E-state index in [-0.39, 0.29) is 17.3 Å². The fourth-order valence-corrected chi connectivity index (χ4v) is 5.25. The van der Waals surface area contributed by atoms with E-state index in [0.717, 1.165) is 30.8 Å². The minimum Gasteiger partial charge on any atom is -0.352 e. The van der Waals surface area contributed by atoms with Crippen molar-refractivity contribution in [3.63, 3.8) is 0 Å². The summed E-state index contributed by atoms with van der Waals surface area (Å²) in [5, 5.41) is 2.96. The highest BCUT2D eigenvalue weighted by atomic mass is 32.2. The molecule has 1 heterocycles. The average Bonchev–Trinajstić information content (AvgIpc) is 2.78. The Balaban J connectivity index is 1.60. The fraction of sp³-hybridized carbons (Fsp3) is 0.435. The lowest BCUT2D eigenvalue weighted by molar-refractivity contribution is -0.126. The van der Waals surface area contributed by atoms with Gasteiger partial charge in [0, 0.05) is 26.2 Å². The molecule has 0 aliphatic carbocycles. The van der Waals surface area contributed by atoms with Crippen LogP contribution >= 0.6 is 0 Å². The SMILES string of the molecule is CCN(C)Cc1cccc(CNC(=O)C2CCCN(S(=O)(=O)c3ccc(F)cc3)C2)c1. The molecule has 2 aromatic rings. The van der Waals surface area contributed by atoms with Gasteiger partial charge in [-0.05, 0) is 61.8 Å². The number of nitrogens with zero attached hydrogens (tertiary/aromatic N) is 2. The van der Waals surface area contributed by atoms with E-state index in [9.17, 15) is 17.6 Å². The fourth-order valence-electron chi connectivity index (χ4n) is 3.73. The molecule has 1 fully saturated rings. The third kappa shape index (κ3) is 6.12. The molecule has 1 aliphatic heterocycles. The summed E-state index contributed by atoms with van der Waals surface area (Å²) in [5.74, 6) is -1.03. The second-order valence-corrected chi connectivity index (χ2v) is 9.96. The number of hydrogen-bond donors (Lipinski definition) is 1. The molecular formula is C23H30FN3O3S. The average molecular weight is 448 g/mol. The molecule has 168 valence electrons. The van der Waals surface area contributed by atoms with Crippen LogP contribution in [0.5, 0.6) is 0 Å². The Bertz CT molecular complexity index is 995. The minimum atomic E-state index is -3.75. The van der Waals surface area contributed by atoms with Crippen molar-refractivity contribution in [3.05, 3.63) is 65.5 Å². The first-order valence-corrected chi connectivity index (χ1v) is 12.0. The molecule has 2 aromatic carbocycles. The molecule has 3 rings (SSSR count). The van der Waals surface area contributed by atoms with Gasteiger partial charge in [0.2, 0.25) is 15.9 Å². The minimum absolute atomic E-state index is 0.0452. The summed E-state index contributed by atoms with van der Waals surface area (Å²) < 4.78 is 40.2. The zero-order chi connectivity index (χ0) is 22.4. The van der Waals surface area contributed by atoms with E-state index in [2.05, 4.69) is 36.3 Å². The Morgan fingerprint density at radius 2 is 1.90 bits per heavy atom. The number of benzene rings is 2. The highest BCUT2D eigenvalue weighted by Crippen LogP contribution is 2.24. The van der Waals surface area contributed by atoms with Crippen molar-refractivity contribution < 1.29 is 17.6 Å². The number of carbonyl (C=O) groups excluding carboxylic acids is 1. The first-order valence-electron chi connectivity index (χ1n) is 10.6. The molecule has 6 nitrogen and oxygen atoms in total. The van der Waals surface area contributed by atoms with Crippen molar-refractivity contribution in [3.8, 4) is 0 Å². The number of piperidine rings is 1. The van der Waals surface area contributed by atoms with Gasteiger partial charge in [-0.15, -0.1) is 0 Å². The molecular weight excluding hydrogens is 417 g/mol. The highest BCUT2D eigenvalue weighted by Gasteiger charge is 2.33. The van der Waals surface area contributed by atoms with E-state index in [1.807, 2.05) is 12.1 Å². The van der Waals surface area contributed by atoms with Crippen LogP contribution in [0.1, 0.15) is 30.9 Å². The molecule has 31 heavy (non-hydrogen) atoms. The summed E-state index contributed by atoms with van der Waals surface area (Å²) in [7, 11) is -1.69. The van der Waals surface area contributed by atoms with Crippen LogP contribution in [-0.4, -0.2) is 50.2 Å². The van der Waals surface area contributed by atoms with Crippen LogP contribution in [0.25, 0.3) is 0 Å². The number of rotatable bonds is 8. The summed E-state index contributed by atoms with van der Waals surface area (Å²) in [5.41, 5.74) is 2.20. The van der Waals surface area contributed by atoms with Crippen molar-refractivity contribution >= 4 is 15.9 Å². The maximum Gasteiger partial charge on any atom is 0.243 e. The molecule has 0 bridgehead atoms. The standard InChI is InChI=1S/C23H30FN3O3S/c1-3-26(2)16-19-7-4-6-18(14-19)15-25-23(28)20-8-5-13-27(17-20)31(29,30)22-11-9-21(24)10-12-22/h4,6-7,9-12,14,20H,3,5,8,13,15-17H2,1-2H3,(H,25,28). The molecule has 1 atom stereocenters. The number of sulfonamides is 1. The van der Waals surface area contributed by atoms with Gasteiger partial charge in [-0.1, -0.05) is 31.2 Å². The van der Waals surface area contributed by atoms with Crippen LogP contribution in [0.2, 0.25) is 0 Å². The van der Waals surface area contributed by atoms with Crippen LogP contribution < -0.4 is 5.32 Å². The number of halogens is 1. The maximum absolute atomic E-state index is 13.2. The number of hydrogen-bond acceptors (Lipinski definition) is 4. The second-order valence-electron chi connectivity index (χ2n) is 8.02. The zero-order valence-electron chi connectivity index (χ0n) is 18.1. The van der Waals surface area contributed by atoms with Gasteiger partial charge in [-0.2, -0.15) is 4.31 Å². The summed E-state index contributed by atoms with van der Waals surface area (Å²) in [4.78, 5) is 15.0. The Labute approximate surface area is 184 Å². The molecule has 0 spiro atoms. The number of carbonyl (C=O) groups is 1. The first-order chi connectivity index (χ1) is 14.8. The first kappa shape index (κ1) is 23.4. The smallest absolute Gasteiger partial charge is 0.243 e. The van der Waals surface area contributed by atoms with Crippen molar-refractivity contribution in [2.45, 2.75) is 37.8 Å². The molecule has 0 aromatic heterocycles. The zero-order valence-corrected chi connectivity index (χ0v) is 18.9. The van der Waals surface area contributed by atoms with Gasteiger partial charge in [-0.3, -0.25) is 4.79 Å². The van der Waals surface area contributed by atoms with Gasteiger partial charge >= 0.3 is 0 Å². The molecule has 1 N–H and O–H groups in total. The Hall–Kier alpha value is -2.29. The van der Waals surface area contributed by atoms with Gasteiger partial charge in [0.25, 0.3) is 0 Å². The molecule has 8 heteroatoms. The van der Waals surface area contributed by atoms with Crippen molar-refractivity contribution in [2.24, 2.45) is 5.92 Å². The normalized spacial score (nSPS) is 17.6. The number of nitrogens with one attached hydrogen (secondary N) is 1. The summed E-state index contributed by atoms with van der Waals surface area (Å²) in [6.45, 7) is 4.80. The highest BCUT2D eigenvalue weighted by molar-refractivity contribution is 7.89. The summed E-state index contributed by atoms with van der Waals surface area (Å²) >= 11 is 0. The largest absolute Gasteiger partial charge is 0.352 e. The predicted octanol–water partition coefficient (Wildman–Crippen LogP) is 2.99. The van der Waals surface area contributed by atoms with E-state index < -0.39 is 21.8 Å². The van der Waals surface area contributed by atoms with E-state index in [1.54, 1.807) is 0 Å². The Morgan fingerprint density at radius 3 is 2.61 bits per heavy atom. The van der Waals surface area contributed by atoms with E-state index >= 15 is 0 Å². The summed E-state index contributed by atoms with van der Waals surface area (Å²) in [6, 6.07) is 12.9. The lowest BCUT2D eigenvalue weighted by atomic mass is 9.98. The summed E-state index contributed by atoms with van der Waals surface area (Å²) in [6.07, 6.45) is 1.25. The Morgan fingerprint density at radius 1 is 1.19 bits per heavy atom. The second kappa shape index (κ2) is 10.3. The third-order valence-electron chi connectivity index (χ3n) is 5.66. The van der Waals surface area contributed by atoms with Crippen molar-refractivity contribution in [2.75, 3.05) is 26.7 Å². The van der Waals surface area contributed by atoms with Gasteiger partial charge < -0.3 is 10.2 Å². The van der Waals surface area contributed by atoms with Gasteiger partial charge in [0.05, 0.1) is 10.8 Å². The lowest BCUT2D eigenvalue weighted by Crippen LogP contribution is -2.45. The topological polar surface area (TPSA) is 69.7 Å². The van der Waals surface area contributed by atoms with E-state index in [0.29, 0.717) is 25.9 Å². The monoisotopic (exact) mass is 447 g/mol. The number of amides is 1.